The number of hydrogen-bond donors (Lipinski definition) is 4. The summed E-state index contributed by atoms with van der Waals surface area (Å²) in [7, 11) is 1.62. The van der Waals surface area contributed by atoms with Crippen LogP contribution in [-0.4, -0.2) is 67.1 Å². The number of methoxy groups -OCH3 is 1. The molecule has 0 spiro atoms. The van der Waals surface area contributed by atoms with Crippen molar-refractivity contribution in [2.45, 2.75) is 63.8 Å². The van der Waals surface area contributed by atoms with E-state index in [1.807, 2.05) is 38.1 Å². The van der Waals surface area contributed by atoms with Crippen LogP contribution in [0.1, 0.15) is 38.7 Å². The van der Waals surface area contributed by atoms with Gasteiger partial charge in [-0.05, 0) is 44.4 Å². The average Bonchev–Trinajstić information content (AvgIpc) is 3.16. The quantitative estimate of drug-likeness (QED) is 0.485. The Kier molecular flexibility index (Phi) is 7.73. The van der Waals surface area contributed by atoms with E-state index in [1.165, 1.54) is 0 Å². The zero-order chi connectivity index (χ0) is 22.4. The lowest BCUT2D eigenvalue weighted by molar-refractivity contribution is -0.129. The van der Waals surface area contributed by atoms with Crippen molar-refractivity contribution in [1.29, 1.82) is 0 Å². The minimum atomic E-state index is -0.259. The van der Waals surface area contributed by atoms with Gasteiger partial charge >= 0.3 is 6.03 Å². The molecular weight excluding hydrogens is 398 g/mol. The van der Waals surface area contributed by atoms with Gasteiger partial charge in [0.15, 0.2) is 0 Å². The summed E-state index contributed by atoms with van der Waals surface area (Å²) in [5.74, 6) is 0.757. The van der Waals surface area contributed by atoms with Crippen LogP contribution in [0.25, 0.3) is 0 Å². The van der Waals surface area contributed by atoms with Gasteiger partial charge in [-0.3, -0.25) is 14.5 Å². The first kappa shape index (κ1) is 22.9. The van der Waals surface area contributed by atoms with Crippen molar-refractivity contribution in [1.82, 2.24) is 26.2 Å². The van der Waals surface area contributed by atoms with Crippen molar-refractivity contribution in [3.63, 3.8) is 0 Å². The topological polar surface area (TPSA) is 112 Å². The van der Waals surface area contributed by atoms with E-state index in [1.54, 1.807) is 7.11 Å². The molecule has 2 heterocycles. The second-order valence-electron chi connectivity index (χ2n) is 8.48. The number of hydrogen-bond acceptors (Lipinski definition) is 5. The summed E-state index contributed by atoms with van der Waals surface area (Å²) in [6.45, 7) is 5.41. The highest BCUT2D eigenvalue weighted by Gasteiger charge is 2.43. The molecule has 3 rings (SSSR count). The van der Waals surface area contributed by atoms with Crippen molar-refractivity contribution in [2.75, 3.05) is 20.2 Å². The molecule has 0 radical (unpaired) electrons. The van der Waals surface area contributed by atoms with Crippen LogP contribution in [0.3, 0.4) is 0 Å². The van der Waals surface area contributed by atoms with Gasteiger partial charge in [0.1, 0.15) is 5.75 Å². The van der Waals surface area contributed by atoms with Crippen molar-refractivity contribution < 1.29 is 19.1 Å². The van der Waals surface area contributed by atoms with Gasteiger partial charge in [0.25, 0.3) is 0 Å². The van der Waals surface area contributed by atoms with Gasteiger partial charge in [0.2, 0.25) is 11.8 Å². The number of nitrogens with one attached hydrogen (secondary N) is 4. The fourth-order valence-corrected chi connectivity index (χ4v) is 4.17. The van der Waals surface area contributed by atoms with Gasteiger partial charge in [-0.1, -0.05) is 12.1 Å². The smallest absolute Gasteiger partial charge is 0.315 e. The number of amides is 4. The average molecular weight is 432 g/mol. The molecule has 1 aromatic carbocycles. The number of rotatable bonds is 8. The first-order chi connectivity index (χ1) is 14.9. The molecular formula is C22H33N5O4. The van der Waals surface area contributed by atoms with Gasteiger partial charge in [-0.15, -0.1) is 0 Å². The second-order valence-corrected chi connectivity index (χ2v) is 8.48. The fraction of sp³-hybridized carbons (Fsp3) is 0.591. The van der Waals surface area contributed by atoms with E-state index in [2.05, 4.69) is 26.2 Å². The molecule has 2 saturated heterocycles. The first-order valence-electron chi connectivity index (χ1n) is 10.9. The molecule has 3 unspecified atom stereocenters. The monoisotopic (exact) mass is 431 g/mol. The van der Waals surface area contributed by atoms with Gasteiger partial charge in [-0.25, -0.2) is 4.79 Å². The predicted octanol–water partition coefficient (Wildman–Crippen LogP) is 0.741. The number of carbonyl (C=O) groups excluding carboxylic acids is 3. The zero-order valence-electron chi connectivity index (χ0n) is 18.4. The Morgan fingerprint density at radius 3 is 2.68 bits per heavy atom. The van der Waals surface area contributed by atoms with E-state index in [0.29, 0.717) is 38.9 Å². The van der Waals surface area contributed by atoms with Crippen LogP contribution < -0.4 is 26.0 Å². The van der Waals surface area contributed by atoms with Crippen LogP contribution in [-0.2, 0) is 16.1 Å². The van der Waals surface area contributed by atoms with E-state index in [4.69, 9.17) is 4.74 Å². The molecule has 9 heteroatoms. The Morgan fingerprint density at radius 1 is 1.26 bits per heavy atom. The summed E-state index contributed by atoms with van der Waals surface area (Å²) in [5, 5.41) is 11.7. The van der Waals surface area contributed by atoms with E-state index in [-0.39, 0.29) is 42.0 Å². The van der Waals surface area contributed by atoms with Gasteiger partial charge in [0.05, 0.1) is 13.2 Å². The summed E-state index contributed by atoms with van der Waals surface area (Å²) < 4.78 is 5.14. The van der Waals surface area contributed by atoms with Crippen LogP contribution >= 0.6 is 0 Å². The molecule has 1 aromatic rings. The SMILES string of the molecule is COc1ccc(CNC(=O)CCC2CNC(=O)C3CC(NC(=O)NC(C)C)CN23)cc1. The Morgan fingerprint density at radius 2 is 2.00 bits per heavy atom. The molecule has 0 aliphatic carbocycles. The molecule has 0 aromatic heterocycles. The number of carbonyl (C=O) groups is 3. The Hall–Kier alpha value is -2.81. The molecule has 170 valence electrons. The van der Waals surface area contributed by atoms with Crippen LogP contribution in [0.5, 0.6) is 5.75 Å². The highest BCUT2D eigenvalue weighted by molar-refractivity contribution is 5.83. The summed E-state index contributed by atoms with van der Waals surface area (Å²) in [5.41, 5.74) is 1.01. The number of benzene rings is 1. The van der Waals surface area contributed by atoms with Gasteiger partial charge in [0, 0.05) is 44.2 Å². The molecule has 2 fully saturated rings. The number of nitrogens with zero attached hydrogens (tertiary/aromatic N) is 1. The highest BCUT2D eigenvalue weighted by Crippen LogP contribution is 2.25. The lowest BCUT2D eigenvalue weighted by Crippen LogP contribution is -2.58. The van der Waals surface area contributed by atoms with Gasteiger partial charge in [-0.2, -0.15) is 0 Å². The van der Waals surface area contributed by atoms with Crippen molar-refractivity contribution in [3.05, 3.63) is 29.8 Å². The lowest BCUT2D eigenvalue weighted by Gasteiger charge is -2.37. The third-order valence-corrected chi connectivity index (χ3v) is 5.73. The first-order valence-corrected chi connectivity index (χ1v) is 10.9. The summed E-state index contributed by atoms with van der Waals surface area (Å²) >= 11 is 0. The number of ether oxygens (including phenoxy) is 1. The van der Waals surface area contributed by atoms with E-state index >= 15 is 0 Å². The zero-order valence-corrected chi connectivity index (χ0v) is 18.4. The summed E-state index contributed by atoms with van der Waals surface area (Å²) in [6.07, 6.45) is 1.61. The largest absolute Gasteiger partial charge is 0.497 e. The maximum Gasteiger partial charge on any atom is 0.315 e. The Bertz CT molecular complexity index is 783. The third kappa shape index (κ3) is 6.33. The molecule has 2 aliphatic rings. The standard InChI is InChI=1S/C22H33N5O4/c1-14(2)25-22(30)26-16-10-19-21(29)24-12-17(27(19)13-16)6-9-20(28)23-11-15-4-7-18(31-3)8-5-15/h4-5,7-8,14,16-17,19H,6,9-13H2,1-3H3,(H,23,28)(H,24,29)(H2,25,26,30). The molecule has 0 saturated carbocycles. The number of fused-ring (bicyclic) bond motifs is 1. The van der Waals surface area contributed by atoms with Crippen molar-refractivity contribution >= 4 is 17.8 Å². The van der Waals surface area contributed by atoms with Crippen LogP contribution in [0.4, 0.5) is 4.79 Å². The van der Waals surface area contributed by atoms with E-state index in [9.17, 15) is 14.4 Å². The Labute approximate surface area is 183 Å². The van der Waals surface area contributed by atoms with E-state index < -0.39 is 0 Å². The molecule has 0 bridgehead atoms. The molecule has 4 amide bonds. The molecule has 31 heavy (non-hydrogen) atoms. The highest BCUT2D eigenvalue weighted by atomic mass is 16.5. The summed E-state index contributed by atoms with van der Waals surface area (Å²) in [6, 6.07) is 7.16. The van der Waals surface area contributed by atoms with Crippen LogP contribution in [0.15, 0.2) is 24.3 Å². The molecule has 3 atom stereocenters. The van der Waals surface area contributed by atoms with Crippen LogP contribution in [0, 0.1) is 0 Å². The predicted molar refractivity (Wildman–Crippen MR) is 117 cm³/mol. The van der Waals surface area contributed by atoms with E-state index in [0.717, 1.165) is 11.3 Å². The lowest BCUT2D eigenvalue weighted by atomic mass is 10.0. The number of piperazine rings is 1. The van der Waals surface area contributed by atoms with Gasteiger partial charge < -0.3 is 26.0 Å². The Balaban J connectivity index is 1.46. The maximum atomic E-state index is 12.3. The molecule has 2 aliphatic heterocycles. The van der Waals surface area contributed by atoms with Crippen molar-refractivity contribution in [2.24, 2.45) is 0 Å². The molecule has 4 N–H and O–H groups in total. The fourth-order valence-electron chi connectivity index (χ4n) is 4.17. The maximum absolute atomic E-state index is 12.3. The second kappa shape index (κ2) is 10.5. The third-order valence-electron chi connectivity index (χ3n) is 5.73. The minimum Gasteiger partial charge on any atom is -0.497 e. The van der Waals surface area contributed by atoms with Crippen molar-refractivity contribution in [3.8, 4) is 5.75 Å². The minimum absolute atomic E-state index is 0.00576. The molecule has 9 nitrogen and oxygen atoms in total. The summed E-state index contributed by atoms with van der Waals surface area (Å²) in [4.78, 5) is 38.8. The van der Waals surface area contributed by atoms with Crippen LogP contribution in [0.2, 0.25) is 0 Å². The number of urea groups is 1. The normalized spacial score (nSPS) is 23.1.